The fraction of sp³-hybridized carbons (Fsp3) is 0. The molecule has 0 aliphatic carbocycles. The predicted molar refractivity (Wildman–Crippen MR) is 41.8 cm³/mol. The summed E-state index contributed by atoms with van der Waals surface area (Å²) in [4.78, 5) is 0. The van der Waals surface area contributed by atoms with E-state index in [2.05, 4.69) is 9.68 Å². The highest BCUT2D eigenvalue weighted by atomic mass is 19.2. The van der Waals surface area contributed by atoms with E-state index in [4.69, 9.17) is 0 Å². The second-order valence-electron chi connectivity index (χ2n) is 2.61. The molecule has 1 aromatic carbocycles. The molecule has 0 saturated heterocycles. The van der Waals surface area contributed by atoms with E-state index < -0.39 is 17.5 Å². The van der Waals surface area contributed by atoms with Gasteiger partial charge in [0.15, 0.2) is 17.5 Å². The lowest BCUT2D eigenvalue weighted by Crippen LogP contribution is -1.93. The fourth-order valence-corrected chi connectivity index (χ4v) is 1.08. The van der Waals surface area contributed by atoms with Crippen LogP contribution in [0.3, 0.4) is 0 Å². The SMILES string of the molecule is Fc1ccc(-c2ccon2)c(F)c1F. The molecule has 0 atom stereocenters. The number of hydrogen-bond acceptors (Lipinski definition) is 2. The molecular formula is C9H4F3NO. The summed E-state index contributed by atoms with van der Waals surface area (Å²) >= 11 is 0. The maximum atomic E-state index is 13.1. The summed E-state index contributed by atoms with van der Waals surface area (Å²) in [5, 5.41) is 3.41. The monoisotopic (exact) mass is 199 g/mol. The van der Waals surface area contributed by atoms with Crippen LogP contribution >= 0.6 is 0 Å². The lowest BCUT2D eigenvalue weighted by molar-refractivity contribution is 0.420. The van der Waals surface area contributed by atoms with Crippen molar-refractivity contribution in [3.05, 3.63) is 41.9 Å². The smallest absolute Gasteiger partial charge is 0.195 e. The molecule has 0 fully saturated rings. The molecule has 1 heterocycles. The van der Waals surface area contributed by atoms with Gasteiger partial charge in [0.1, 0.15) is 12.0 Å². The third-order valence-corrected chi connectivity index (χ3v) is 1.75. The summed E-state index contributed by atoms with van der Waals surface area (Å²) in [5.74, 6) is -4.00. The highest BCUT2D eigenvalue weighted by Gasteiger charge is 2.15. The van der Waals surface area contributed by atoms with Crippen molar-refractivity contribution in [2.45, 2.75) is 0 Å². The lowest BCUT2D eigenvalue weighted by Gasteiger charge is -1.99. The van der Waals surface area contributed by atoms with E-state index in [0.717, 1.165) is 12.1 Å². The van der Waals surface area contributed by atoms with Crippen molar-refractivity contribution < 1.29 is 17.7 Å². The van der Waals surface area contributed by atoms with Gasteiger partial charge in [-0.15, -0.1) is 0 Å². The van der Waals surface area contributed by atoms with Gasteiger partial charge in [0.25, 0.3) is 0 Å². The molecule has 0 amide bonds. The Morgan fingerprint density at radius 3 is 2.43 bits per heavy atom. The molecule has 0 saturated carbocycles. The van der Waals surface area contributed by atoms with Gasteiger partial charge in [-0.25, -0.2) is 13.2 Å². The van der Waals surface area contributed by atoms with Crippen LogP contribution in [0, 0.1) is 17.5 Å². The average Bonchev–Trinajstić information content (AvgIpc) is 2.67. The Hall–Kier alpha value is -1.78. The van der Waals surface area contributed by atoms with Gasteiger partial charge in [-0.3, -0.25) is 0 Å². The lowest BCUT2D eigenvalue weighted by atomic mass is 10.1. The van der Waals surface area contributed by atoms with E-state index in [0.29, 0.717) is 0 Å². The molecule has 2 aromatic rings. The van der Waals surface area contributed by atoms with Crippen LogP contribution < -0.4 is 0 Å². The minimum Gasteiger partial charge on any atom is -0.364 e. The first-order chi connectivity index (χ1) is 6.70. The molecule has 0 aliphatic rings. The Kier molecular flexibility index (Phi) is 1.99. The topological polar surface area (TPSA) is 26.0 Å². The van der Waals surface area contributed by atoms with E-state index in [1.54, 1.807) is 0 Å². The van der Waals surface area contributed by atoms with Crippen LogP contribution in [0.15, 0.2) is 29.0 Å². The molecule has 0 N–H and O–H groups in total. The summed E-state index contributed by atoms with van der Waals surface area (Å²) in [6.07, 6.45) is 1.22. The molecular weight excluding hydrogens is 195 g/mol. The largest absolute Gasteiger partial charge is 0.364 e. The summed E-state index contributed by atoms with van der Waals surface area (Å²) < 4.78 is 42.9. The minimum absolute atomic E-state index is 0.126. The van der Waals surface area contributed by atoms with Crippen LogP contribution in [-0.4, -0.2) is 5.16 Å². The fourth-order valence-electron chi connectivity index (χ4n) is 1.08. The van der Waals surface area contributed by atoms with Crippen LogP contribution in [0.2, 0.25) is 0 Å². The van der Waals surface area contributed by atoms with Gasteiger partial charge in [-0.05, 0) is 12.1 Å². The van der Waals surface area contributed by atoms with E-state index in [1.165, 1.54) is 12.3 Å². The van der Waals surface area contributed by atoms with E-state index >= 15 is 0 Å². The Bertz CT molecular complexity index is 453. The summed E-state index contributed by atoms with van der Waals surface area (Å²) in [6.45, 7) is 0. The molecule has 0 aliphatic heterocycles. The van der Waals surface area contributed by atoms with Gasteiger partial charge in [0, 0.05) is 11.6 Å². The van der Waals surface area contributed by atoms with Crippen LogP contribution in [0.5, 0.6) is 0 Å². The zero-order valence-corrected chi connectivity index (χ0v) is 6.80. The van der Waals surface area contributed by atoms with Gasteiger partial charge < -0.3 is 4.52 Å². The third-order valence-electron chi connectivity index (χ3n) is 1.75. The number of aromatic nitrogens is 1. The van der Waals surface area contributed by atoms with Crippen LogP contribution in [0.4, 0.5) is 13.2 Å². The van der Waals surface area contributed by atoms with Crippen molar-refractivity contribution in [1.29, 1.82) is 0 Å². The van der Waals surface area contributed by atoms with Crippen molar-refractivity contribution in [3.63, 3.8) is 0 Å². The number of halogens is 3. The zero-order valence-electron chi connectivity index (χ0n) is 6.80. The minimum atomic E-state index is -1.51. The highest BCUT2D eigenvalue weighted by Crippen LogP contribution is 2.24. The molecule has 0 radical (unpaired) electrons. The normalized spacial score (nSPS) is 10.5. The first-order valence-corrected chi connectivity index (χ1v) is 3.74. The molecule has 0 bridgehead atoms. The van der Waals surface area contributed by atoms with Crippen molar-refractivity contribution >= 4 is 0 Å². The van der Waals surface area contributed by atoms with Gasteiger partial charge in [0.2, 0.25) is 0 Å². The third kappa shape index (κ3) is 1.26. The second kappa shape index (κ2) is 3.17. The van der Waals surface area contributed by atoms with Crippen LogP contribution in [-0.2, 0) is 0 Å². The standard InChI is InChI=1S/C9H4F3NO/c10-6-2-1-5(8(11)9(6)12)7-3-4-14-13-7/h1-4H. The van der Waals surface area contributed by atoms with Crippen LogP contribution in [0.25, 0.3) is 11.3 Å². The Morgan fingerprint density at radius 1 is 1.00 bits per heavy atom. The summed E-state index contributed by atoms with van der Waals surface area (Å²) in [6, 6.07) is 3.30. The first-order valence-electron chi connectivity index (χ1n) is 3.74. The number of rotatable bonds is 1. The average molecular weight is 199 g/mol. The summed E-state index contributed by atoms with van der Waals surface area (Å²) in [7, 11) is 0. The van der Waals surface area contributed by atoms with Gasteiger partial charge in [-0.1, -0.05) is 5.16 Å². The molecule has 2 nitrogen and oxygen atoms in total. The summed E-state index contributed by atoms with van der Waals surface area (Å²) in [5.41, 5.74) is -0.000880. The molecule has 0 spiro atoms. The van der Waals surface area contributed by atoms with Crippen molar-refractivity contribution in [3.8, 4) is 11.3 Å². The second-order valence-corrected chi connectivity index (χ2v) is 2.61. The maximum Gasteiger partial charge on any atom is 0.195 e. The van der Waals surface area contributed by atoms with E-state index in [-0.39, 0.29) is 11.3 Å². The molecule has 72 valence electrons. The van der Waals surface area contributed by atoms with Crippen molar-refractivity contribution in [2.24, 2.45) is 0 Å². The Labute approximate surface area is 77.0 Å². The maximum absolute atomic E-state index is 13.1. The molecule has 5 heteroatoms. The Morgan fingerprint density at radius 2 is 1.79 bits per heavy atom. The molecule has 1 aromatic heterocycles. The first kappa shape index (κ1) is 8.80. The van der Waals surface area contributed by atoms with E-state index in [9.17, 15) is 13.2 Å². The molecule has 2 rings (SSSR count). The molecule has 14 heavy (non-hydrogen) atoms. The quantitative estimate of drug-likeness (QED) is 0.660. The zero-order chi connectivity index (χ0) is 10.1. The number of benzene rings is 1. The van der Waals surface area contributed by atoms with Crippen LogP contribution in [0.1, 0.15) is 0 Å². The number of hydrogen-bond donors (Lipinski definition) is 0. The van der Waals surface area contributed by atoms with Gasteiger partial charge >= 0.3 is 0 Å². The highest BCUT2D eigenvalue weighted by molar-refractivity contribution is 5.58. The van der Waals surface area contributed by atoms with Crippen molar-refractivity contribution in [1.82, 2.24) is 5.16 Å². The predicted octanol–water partition coefficient (Wildman–Crippen LogP) is 2.76. The van der Waals surface area contributed by atoms with Gasteiger partial charge in [0.05, 0.1) is 0 Å². The van der Waals surface area contributed by atoms with Crippen molar-refractivity contribution in [2.75, 3.05) is 0 Å². The number of nitrogens with zero attached hydrogens (tertiary/aromatic N) is 1. The van der Waals surface area contributed by atoms with E-state index in [1.807, 2.05) is 0 Å². The molecule has 0 unspecified atom stereocenters. The Balaban J connectivity index is 2.61. The van der Waals surface area contributed by atoms with Gasteiger partial charge in [-0.2, -0.15) is 0 Å².